The molecule has 4 unspecified atom stereocenters. The summed E-state index contributed by atoms with van der Waals surface area (Å²) in [5.74, 6) is -0.920. The van der Waals surface area contributed by atoms with Crippen molar-refractivity contribution in [2.45, 2.75) is 25.3 Å². The van der Waals surface area contributed by atoms with Gasteiger partial charge in [-0.05, 0) is 49.0 Å². The van der Waals surface area contributed by atoms with Gasteiger partial charge in [0.25, 0.3) is 0 Å². The van der Waals surface area contributed by atoms with E-state index in [-0.39, 0.29) is 29.5 Å². The molecule has 2 bridgehead atoms. The molecule has 4 fully saturated rings. The van der Waals surface area contributed by atoms with Crippen LogP contribution < -0.4 is 5.32 Å². The summed E-state index contributed by atoms with van der Waals surface area (Å²) in [6, 6.07) is 0.964. The summed E-state index contributed by atoms with van der Waals surface area (Å²) in [6.45, 7) is 0. The lowest BCUT2D eigenvalue weighted by molar-refractivity contribution is -0.148. The molecule has 9 heteroatoms. The number of halogens is 2. The van der Waals surface area contributed by atoms with Crippen molar-refractivity contribution < 1.29 is 18.7 Å². The number of rotatable bonds is 4. The molecule has 0 amide bonds. The molecular formula is C21H19F2N5O2. The van der Waals surface area contributed by atoms with E-state index in [0.717, 1.165) is 31.7 Å². The van der Waals surface area contributed by atoms with Crippen molar-refractivity contribution in [3.8, 4) is 11.4 Å². The molecule has 4 saturated carbocycles. The van der Waals surface area contributed by atoms with Gasteiger partial charge in [0, 0.05) is 23.2 Å². The van der Waals surface area contributed by atoms with Crippen LogP contribution in [0.5, 0.6) is 0 Å². The third kappa shape index (κ3) is 2.54. The maximum atomic E-state index is 14.6. The van der Waals surface area contributed by atoms with Gasteiger partial charge in [-0.25, -0.2) is 23.7 Å². The average Bonchev–Trinajstić information content (AvgIpc) is 3.45. The third-order valence-corrected chi connectivity index (χ3v) is 7.21. The van der Waals surface area contributed by atoms with Crippen LogP contribution in [0.1, 0.15) is 19.3 Å². The monoisotopic (exact) mass is 411 g/mol. The van der Waals surface area contributed by atoms with Crippen LogP contribution in [0.3, 0.4) is 0 Å². The summed E-state index contributed by atoms with van der Waals surface area (Å²) < 4.78 is 28.3. The third-order valence-electron chi connectivity index (χ3n) is 7.21. The Kier molecular flexibility index (Phi) is 3.66. The highest BCUT2D eigenvalue weighted by Gasteiger charge is 2.63. The molecule has 0 radical (unpaired) electrons. The summed E-state index contributed by atoms with van der Waals surface area (Å²) in [5.41, 5.74) is 0.978. The van der Waals surface area contributed by atoms with Gasteiger partial charge in [-0.2, -0.15) is 0 Å². The zero-order valence-corrected chi connectivity index (χ0v) is 15.8. The number of hydrogen-bond donors (Lipinski definition) is 3. The van der Waals surface area contributed by atoms with Gasteiger partial charge in [0.1, 0.15) is 11.5 Å². The molecule has 0 aromatic carbocycles. The second-order valence-corrected chi connectivity index (χ2v) is 8.64. The van der Waals surface area contributed by atoms with E-state index >= 15 is 0 Å². The second kappa shape index (κ2) is 6.20. The van der Waals surface area contributed by atoms with Crippen molar-refractivity contribution in [1.82, 2.24) is 19.9 Å². The number of nitrogens with one attached hydrogen (secondary N) is 2. The maximum absolute atomic E-state index is 14.6. The Morgan fingerprint density at radius 3 is 2.77 bits per heavy atom. The molecular weight excluding hydrogens is 392 g/mol. The van der Waals surface area contributed by atoms with Crippen molar-refractivity contribution >= 4 is 22.8 Å². The SMILES string of the molecule is O=C(O)[C@H]1C2CCC(C3CC32)[C@@H]1Nc1nc(-c2c[nH]c3ncc(F)cc23)ncc1F. The van der Waals surface area contributed by atoms with Gasteiger partial charge < -0.3 is 15.4 Å². The first-order valence-electron chi connectivity index (χ1n) is 10.2. The number of nitrogens with zero attached hydrogens (tertiary/aromatic N) is 3. The Morgan fingerprint density at radius 1 is 1.13 bits per heavy atom. The quantitative estimate of drug-likeness (QED) is 0.608. The lowest BCUT2D eigenvalue weighted by Gasteiger charge is -2.46. The number of carbonyl (C=O) groups is 1. The number of fused-ring (bicyclic) bond motifs is 3. The van der Waals surface area contributed by atoms with Crippen LogP contribution in [0.25, 0.3) is 22.4 Å². The van der Waals surface area contributed by atoms with E-state index in [1.807, 2.05) is 0 Å². The molecule has 0 aliphatic heterocycles. The molecule has 3 N–H and O–H groups in total. The van der Waals surface area contributed by atoms with E-state index in [0.29, 0.717) is 28.4 Å². The Hall–Kier alpha value is -3.10. The van der Waals surface area contributed by atoms with Crippen LogP contribution in [0.2, 0.25) is 0 Å². The van der Waals surface area contributed by atoms with Gasteiger partial charge >= 0.3 is 5.97 Å². The lowest BCUT2D eigenvalue weighted by atomic mass is 9.61. The van der Waals surface area contributed by atoms with Crippen molar-refractivity contribution in [2.75, 3.05) is 5.32 Å². The van der Waals surface area contributed by atoms with Crippen LogP contribution in [-0.2, 0) is 4.79 Å². The number of aromatic nitrogens is 4. The van der Waals surface area contributed by atoms with Gasteiger partial charge in [-0.3, -0.25) is 4.79 Å². The van der Waals surface area contributed by atoms with Crippen LogP contribution in [-0.4, -0.2) is 37.1 Å². The number of aliphatic carboxylic acids is 1. The van der Waals surface area contributed by atoms with Crippen molar-refractivity contribution in [2.24, 2.45) is 29.6 Å². The molecule has 7 nitrogen and oxygen atoms in total. The fourth-order valence-electron chi connectivity index (χ4n) is 5.91. The Balaban J connectivity index is 1.37. The molecule has 4 aliphatic rings. The smallest absolute Gasteiger partial charge is 0.308 e. The highest BCUT2D eigenvalue weighted by molar-refractivity contribution is 5.91. The minimum absolute atomic E-state index is 0.0142. The van der Waals surface area contributed by atoms with Gasteiger partial charge in [0.15, 0.2) is 17.5 Å². The summed E-state index contributed by atoms with van der Waals surface area (Å²) in [6.07, 6.45) is 6.73. The number of carboxylic acid groups (broad SMARTS) is 1. The number of anilines is 1. The molecule has 4 aliphatic carbocycles. The first-order chi connectivity index (χ1) is 14.5. The number of hydrogen-bond acceptors (Lipinski definition) is 5. The minimum Gasteiger partial charge on any atom is -0.481 e. The maximum Gasteiger partial charge on any atom is 0.308 e. The molecule has 3 heterocycles. The van der Waals surface area contributed by atoms with Gasteiger partial charge in [-0.15, -0.1) is 0 Å². The Bertz CT molecular complexity index is 1180. The van der Waals surface area contributed by atoms with E-state index in [9.17, 15) is 18.7 Å². The first-order valence-corrected chi connectivity index (χ1v) is 10.2. The topological polar surface area (TPSA) is 104 Å². The van der Waals surface area contributed by atoms with Crippen molar-refractivity contribution in [1.29, 1.82) is 0 Å². The van der Waals surface area contributed by atoms with E-state index in [4.69, 9.17) is 0 Å². The molecule has 3 aromatic heterocycles. The fourth-order valence-corrected chi connectivity index (χ4v) is 5.91. The van der Waals surface area contributed by atoms with E-state index < -0.39 is 23.5 Å². The minimum atomic E-state index is -0.833. The molecule has 6 atom stereocenters. The second-order valence-electron chi connectivity index (χ2n) is 8.64. The molecule has 7 rings (SSSR count). The van der Waals surface area contributed by atoms with Gasteiger partial charge in [0.05, 0.1) is 18.3 Å². The first kappa shape index (κ1) is 17.7. The standard InChI is InChI=1S/C21H19F2N5O2/c22-8-3-13-14(6-25-18(13)24-5-8)19-26-7-15(23)20(28-19)27-17-10-2-1-9(11-4-12(10)11)16(17)21(29)30/h3,5-7,9-12,16-17H,1-2,4H2,(H,24,25)(H,29,30)(H,26,27,28)/t9?,10?,11?,12?,16-,17-/m0/s1. The summed E-state index contributed by atoms with van der Waals surface area (Å²) in [7, 11) is 0. The molecule has 0 saturated heterocycles. The molecule has 154 valence electrons. The Morgan fingerprint density at radius 2 is 1.93 bits per heavy atom. The summed E-state index contributed by atoms with van der Waals surface area (Å²) >= 11 is 0. The molecule has 3 aromatic rings. The fraction of sp³-hybridized carbons (Fsp3) is 0.429. The molecule has 30 heavy (non-hydrogen) atoms. The van der Waals surface area contributed by atoms with E-state index in [2.05, 4.69) is 25.3 Å². The Labute approximate surface area is 170 Å². The normalized spacial score (nSPS) is 31.5. The van der Waals surface area contributed by atoms with Gasteiger partial charge in [0.2, 0.25) is 0 Å². The van der Waals surface area contributed by atoms with E-state index in [1.165, 1.54) is 6.07 Å². The highest BCUT2D eigenvalue weighted by atomic mass is 19.1. The predicted octanol–water partition coefficient (Wildman–Crippen LogP) is 3.46. The number of pyridine rings is 1. The van der Waals surface area contributed by atoms with Crippen LogP contribution in [0, 0.1) is 41.2 Å². The summed E-state index contributed by atoms with van der Waals surface area (Å²) in [4.78, 5) is 27.3. The van der Waals surface area contributed by atoms with E-state index in [1.54, 1.807) is 6.20 Å². The highest BCUT2D eigenvalue weighted by Crippen LogP contribution is 2.64. The summed E-state index contributed by atoms with van der Waals surface area (Å²) in [5, 5.41) is 13.5. The lowest BCUT2D eigenvalue weighted by Crippen LogP contribution is -2.53. The van der Waals surface area contributed by atoms with Gasteiger partial charge in [-0.1, -0.05) is 0 Å². The predicted molar refractivity (Wildman–Crippen MR) is 103 cm³/mol. The van der Waals surface area contributed by atoms with Crippen molar-refractivity contribution in [3.05, 3.63) is 36.3 Å². The van der Waals surface area contributed by atoms with Crippen LogP contribution >= 0.6 is 0 Å². The number of H-pyrrole nitrogens is 1. The number of aromatic amines is 1. The average molecular weight is 411 g/mol. The van der Waals surface area contributed by atoms with Crippen LogP contribution in [0.15, 0.2) is 24.7 Å². The largest absolute Gasteiger partial charge is 0.481 e. The zero-order chi connectivity index (χ0) is 20.6. The zero-order valence-electron chi connectivity index (χ0n) is 15.8. The van der Waals surface area contributed by atoms with Crippen molar-refractivity contribution in [3.63, 3.8) is 0 Å². The molecule has 0 spiro atoms. The van der Waals surface area contributed by atoms with Crippen LogP contribution in [0.4, 0.5) is 14.6 Å². The number of carboxylic acids is 1.